The van der Waals surface area contributed by atoms with E-state index in [9.17, 15) is 4.79 Å². The zero-order chi connectivity index (χ0) is 13.9. The molecule has 3 nitrogen and oxygen atoms in total. The van der Waals surface area contributed by atoms with Crippen molar-refractivity contribution in [1.29, 1.82) is 0 Å². The summed E-state index contributed by atoms with van der Waals surface area (Å²) in [4.78, 5) is 18.8. The molecule has 3 aromatic rings. The molecular formula is C14H12N2OS3. The van der Waals surface area contributed by atoms with Crippen LogP contribution in [0, 0.1) is 6.92 Å². The SMILES string of the molecule is Cc1nc(-c2cccs2)sc1CNC(=O)c1ccsc1. The van der Waals surface area contributed by atoms with Gasteiger partial charge in [0.25, 0.3) is 5.91 Å². The fraction of sp³-hybridized carbons (Fsp3) is 0.143. The molecule has 1 amide bonds. The molecule has 0 radical (unpaired) electrons. The minimum Gasteiger partial charge on any atom is -0.347 e. The van der Waals surface area contributed by atoms with E-state index in [0.717, 1.165) is 21.1 Å². The average molecular weight is 320 g/mol. The van der Waals surface area contributed by atoms with Gasteiger partial charge < -0.3 is 5.32 Å². The number of thiazole rings is 1. The van der Waals surface area contributed by atoms with Crippen molar-refractivity contribution in [2.75, 3.05) is 0 Å². The number of rotatable bonds is 4. The van der Waals surface area contributed by atoms with Crippen LogP contribution in [0.4, 0.5) is 0 Å². The quantitative estimate of drug-likeness (QED) is 0.784. The van der Waals surface area contributed by atoms with Crippen molar-refractivity contribution < 1.29 is 4.79 Å². The second-order valence-electron chi connectivity index (χ2n) is 4.20. The molecule has 0 saturated heterocycles. The van der Waals surface area contributed by atoms with Crippen LogP contribution in [0.5, 0.6) is 0 Å². The van der Waals surface area contributed by atoms with Gasteiger partial charge in [0, 0.05) is 15.8 Å². The number of aryl methyl sites for hydroxylation is 1. The summed E-state index contributed by atoms with van der Waals surface area (Å²) < 4.78 is 0. The summed E-state index contributed by atoms with van der Waals surface area (Å²) in [5, 5.41) is 9.77. The van der Waals surface area contributed by atoms with Crippen LogP contribution in [-0.4, -0.2) is 10.9 Å². The van der Waals surface area contributed by atoms with Crippen molar-refractivity contribution in [3.8, 4) is 9.88 Å². The van der Waals surface area contributed by atoms with E-state index in [-0.39, 0.29) is 5.91 Å². The molecule has 6 heteroatoms. The van der Waals surface area contributed by atoms with Gasteiger partial charge in [-0.05, 0) is 29.8 Å². The zero-order valence-corrected chi connectivity index (χ0v) is 13.2. The van der Waals surface area contributed by atoms with E-state index in [1.807, 2.05) is 35.2 Å². The van der Waals surface area contributed by atoms with Crippen molar-refractivity contribution in [1.82, 2.24) is 10.3 Å². The molecule has 0 unspecified atom stereocenters. The molecular weight excluding hydrogens is 308 g/mol. The van der Waals surface area contributed by atoms with E-state index in [1.54, 1.807) is 22.7 Å². The van der Waals surface area contributed by atoms with Crippen molar-refractivity contribution in [3.63, 3.8) is 0 Å². The highest BCUT2D eigenvalue weighted by atomic mass is 32.1. The second-order valence-corrected chi connectivity index (χ2v) is 7.01. The number of nitrogens with one attached hydrogen (secondary N) is 1. The molecule has 1 N–H and O–H groups in total. The number of carbonyl (C=O) groups is 1. The van der Waals surface area contributed by atoms with Gasteiger partial charge in [-0.25, -0.2) is 4.98 Å². The normalized spacial score (nSPS) is 10.7. The lowest BCUT2D eigenvalue weighted by Gasteiger charge is -2.01. The molecule has 0 atom stereocenters. The lowest BCUT2D eigenvalue weighted by atomic mass is 10.3. The molecule has 0 aliphatic carbocycles. The Hall–Kier alpha value is -1.50. The number of amides is 1. The third-order valence-electron chi connectivity index (χ3n) is 2.82. The standard InChI is InChI=1S/C14H12N2OS3/c1-9-12(7-15-13(17)10-4-6-18-8-10)20-14(16-9)11-3-2-5-19-11/h2-6,8H,7H2,1H3,(H,15,17). The van der Waals surface area contributed by atoms with Crippen LogP contribution in [-0.2, 0) is 6.54 Å². The van der Waals surface area contributed by atoms with Crippen molar-refractivity contribution >= 4 is 39.9 Å². The number of hydrogen-bond donors (Lipinski definition) is 1. The Morgan fingerprint density at radius 1 is 1.35 bits per heavy atom. The highest BCUT2D eigenvalue weighted by molar-refractivity contribution is 7.21. The summed E-state index contributed by atoms with van der Waals surface area (Å²) in [6.45, 7) is 2.52. The van der Waals surface area contributed by atoms with Crippen LogP contribution in [0.1, 0.15) is 20.9 Å². The topological polar surface area (TPSA) is 42.0 Å². The highest BCUT2D eigenvalue weighted by Gasteiger charge is 2.12. The smallest absolute Gasteiger partial charge is 0.252 e. The van der Waals surface area contributed by atoms with Crippen molar-refractivity contribution in [2.24, 2.45) is 0 Å². The fourth-order valence-electron chi connectivity index (χ4n) is 1.75. The maximum atomic E-state index is 11.9. The molecule has 0 fully saturated rings. The molecule has 102 valence electrons. The number of thiophene rings is 2. The summed E-state index contributed by atoms with van der Waals surface area (Å²) in [6, 6.07) is 5.92. The van der Waals surface area contributed by atoms with Crippen molar-refractivity contribution in [3.05, 3.63) is 50.5 Å². The van der Waals surface area contributed by atoms with Gasteiger partial charge in [-0.2, -0.15) is 11.3 Å². The van der Waals surface area contributed by atoms with Gasteiger partial charge in [-0.15, -0.1) is 22.7 Å². The number of hydrogen-bond acceptors (Lipinski definition) is 5. The maximum absolute atomic E-state index is 11.9. The predicted molar refractivity (Wildman–Crippen MR) is 85.7 cm³/mol. The van der Waals surface area contributed by atoms with Crippen molar-refractivity contribution in [2.45, 2.75) is 13.5 Å². The Kier molecular flexibility index (Phi) is 3.95. The molecule has 20 heavy (non-hydrogen) atoms. The Morgan fingerprint density at radius 2 is 2.25 bits per heavy atom. The third kappa shape index (κ3) is 2.82. The molecule has 0 aliphatic rings. The first-order chi connectivity index (χ1) is 9.74. The summed E-state index contributed by atoms with van der Waals surface area (Å²) in [5.74, 6) is -0.0308. The molecule has 0 saturated carbocycles. The van der Waals surface area contributed by atoms with Crippen LogP contribution in [0.2, 0.25) is 0 Å². The number of nitrogens with zero attached hydrogens (tertiary/aromatic N) is 1. The first-order valence-electron chi connectivity index (χ1n) is 6.04. The Bertz CT molecular complexity index is 699. The van der Waals surface area contributed by atoms with Gasteiger partial charge in [0.1, 0.15) is 5.01 Å². The van der Waals surface area contributed by atoms with Gasteiger partial charge >= 0.3 is 0 Å². The highest BCUT2D eigenvalue weighted by Crippen LogP contribution is 2.30. The molecule has 3 aromatic heterocycles. The van der Waals surface area contributed by atoms with Crippen LogP contribution in [0.3, 0.4) is 0 Å². The second kappa shape index (κ2) is 5.87. The minimum atomic E-state index is -0.0308. The number of aromatic nitrogens is 1. The predicted octanol–water partition coefficient (Wildman–Crippen LogP) is 4.17. The van der Waals surface area contributed by atoms with Gasteiger partial charge in [-0.3, -0.25) is 4.79 Å². The van der Waals surface area contributed by atoms with Crippen LogP contribution >= 0.6 is 34.0 Å². The van der Waals surface area contributed by atoms with Crippen LogP contribution < -0.4 is 5.32 Å². The molecule has 3 heterocycles. The number of carbonyl (C=O) groups excluding carboxylic acids is 1. The monoisotopic (exact) mass is 320 g/mol. The Labute approximate surface area is 128 Å². The molecule has 0 spiro atoms. The largest absolute Gasteiger partial charge is 0.347 e. The van der Waals surface area contributed by atoms with E-state index in [2.05, 4.69) is 16.4 Å². The Morgan fingerprint density at radius 3 is 2.95 bits per heavy atom. The van der Waals surface area contributed by atoms with Crippen LogP contribution in [0.15, 0.2) is 34.3 Å². The van der Waals surface area contributed by atoms with E-state index in [4.69, 9.17) is 0 Å². The third-order valence-corrected chi connectivity index (χ3v) is 5.70. The average Bonchev–Trinajstić information content (AvgIpc) is 3.18. The fourth-order valence-corrected chi connectivity index (χ4v) is 4.19. The summed E-state index contributed by atoms with van der Waals surface area (Å²) in [6.07, 6.45) is 0. The van der Waals surface area contributed by atoms with E-state index >= 15 is 0 Å². The maximum Gasteiger partial charge on any atom is 0.252 e. The molecule has 3 rings (SSSR count). The van der Waals surface area contributed by atoms with Gasteiger partial charge in [0.15, 0.2) is 0 Å². The van der Waals surface area contributed by atoms with E-state index in [0.29, 0.717) is 6.54 Å². The van der Waals surface area contributed by atoms with Gasteiger partial charge in [0.2, 0.25) is 0 Å². The first-order valence-corrected chi connectivity index (χ1v) is 8.68. The summed E-state index contributed by atoms with van der Waals surface area (Å²) in [5.41, 5.74) is 1.71. The van der Waals surface area contributed by atoms with E-state index < -0.39 is 0 Å². The summed E-state index contributed by atoms with van der Waals surface area (Å²) in [7, 11) is 0. The lowest BCUT2D eigenvalue weighted by molar-refractivity contribution is 0.0951. The molecule has 0 aliphatic heterocycles. The van der Waals surface area contributed by atoms with Gasteiger partial charge in [-0.1, -0.05) is 6.07 Å². The zero-order valence-electron chi connectivity index (χ0n) is 10.8. The van der Waals surface area contributed by atoms with E-state index in [1.165, 1.54) is 16.2 Å². The first kappa shape index (κ1) is 13.5. The molecule has 0 bridgehead atoms. The van der Waals surface area contributed by atoms with Crippen LogP contribution in [0.25, 0.3) is 9.88 Å². The lowest BCUT2D eigenvalue weighted by Crippen LogP contribution is -2.22. The molecule has 0 aromatic carbocycles. The van der Waals surface area contributed by atoms with Gasteiger partial charge in [0.05, 0.1) is 17.1 Å². The Balaban J connectivity index is 1.71. The summed E-state index contributed by atoms with van der Waals surface area (Å²) >= 11 is 4.85. The minimum absolute atomic E-state index is 0.0308.